The van der Waals surface area contributed by atoms with Crippen LogP contribution < -0.4 is 16.0 Å². The van der Waals surface area contributed by atoms with Crippen LogP contribution in [0.2, 0.25) is 5.02 Å². The highest BCUT2D eigenvalue weighted by atomic mass is 35.5. The lowest BCUT2D eigenvalue weighted by Crippen LogP contribution is -2.48. The predicted octanol–water partition coefficient (Wildman–Crippen LogP) is 5.15. The summed E-state index contributed by atoms with van der Waals surface area (Å²) in [6.45, 7) is 1.33. The quantitative estimate of drug-likeness (QED) is 0.223. The second kappa shape index (κ2) is 13.7. The van der Waals surface area contributed by atoms with Crippen LogP contribution in [0, 0.1) is 0 Å². The van der Waals surface area contributed by atoms with Crippen LogP contribution in [-0.4, -0.2) is 55.8 Å². The van der Waals surface area contributed by atoms with Gasteiger partial charge in [-0.25, -0.2) is 0 Å². The number of hydrogen-bond donors (Lipinski definition) is 3. The second-order valence-electron chi connectivity index (χ2n) is 9.87. The Balaban J connectivity index is 1.52. The topological polar surface area (TPSA) is 90.5 Å². The highest BCUT2D eigenvalue weighted by molar-refractivity contribution is 6.31. The van der Waals surface area contributed by atoms with E-state index in [1.54, 1.807) is 24.3 Å². The van der Waals surface area contributed by atoms with Gasteiger partial charge < -0.3 is 20.9 Å². The Hall–Kier alpha value is -4.20. The zero-order chi connectivity index (χ0) is 28.5. The van der Waals surface area contributed by atoms with E-state index < -0.39 is 11.9 Å². The van der Waals surface area contributed by atoms with E-state index in [1.165, 1.54) is 6.07 Å². The maximum Gasteiger partial charge on any atom is 0.255 e. The molecule has 0 aliphatic carbocycles. The molecule has 4 aromatic carbocycles. The molecule has 4 rings (SSSR count). The molecule has 0 aliphatic heterocycles. The van der Waals surface area contributed by atoms with Gasteiger partial charge in [0.1, 0.15) is 6.04 Å². The van der Waals surface area contributed by atoms with Crippen molar-refractivity contribution in [3.05, 3.63) is 113 Å². The van der Waals surface area contributed by atoms with Crippen LogP contribution in [0.1, 0.15) is 32.7 Å². The van der Waals surface area contributed by atoms with Gasteiger partial charge in [0.2, 0.25) is 5.91 Å². The van der Waals surface area contributed by atoms with Crippen LogP contribution in [0.4, 0.5) is 5.69 Å². The summed E-state index contributed by atoms with van der Waals surface area (Å²) in [5.74, 6) is -1.14. The molecule has 4 aromatic rings. The van der Waals surface area contributed by atoms with Crippen molar-refractivity contribution in [2.45, 2.75) is 18.9 Å². The molecule has 3 amide bonds. The van der Waals surface area contributed by atoms with E-state index in [1.807, 2.05) is 79.7 Å². The Labute approximate surface area is 239 Å². The molecule has 8 heteroatoms. The van der Waals surface area contributed by atoms with E-state index in [0.717, 1.165) is 29.3 Å². The van der Waals surface area contributed by atoms with Gasteiger partial charge in [-0.1, -0.05) is 72.3 Å². The maximum absolute atomic E-state index is 13.5. The molecule has 0 heterocycles. The molecule has 0 bridgehead atoms. The molecule has 206 valence electrons. The number of fused-ring (bicyclic) bond motifs is 1. The van der Waals surface area contributed by atoms with Gasteiger partial charge in [-0.15, -0.1) is 0 Å². The third-order valence-corrected chi connectivity index (χ3v) is 6.71. The Morgan fingerprint density at radius 2 is 1.55 bits per heavy atom. The number of rotatable bonds is 11. The van der Waals surface area contributed by atoms with Gasteiger partial charge in [0.15, 0.2) is 0 Å². The standard InChI is InChI=1S/C32H33ClN4O3/c1-37(2)18-8-17-34-32(40)29(19-22-9-4-3-5-10-22)36-31(39)27-16-15-26(33)21-28(27)35-30(38)25-14-13-23-11-6-7-12-24(23)20-25/h3-7,9-16,20-21,29H,8,17-19H2,1-2H3,(H,34,40)(H,35,38)(H,36,39)/t29-/m0/s1. The number of amides is 3. The molecule has 0 unspecified atom stereocenters. The van der Waals surface area contributed by atoms with Crippen molar-refractivity contribution >= 4 is 45.8 Å². The Kier molecular flexibility index (Phi) is 9.89. The number of nitrogens with zero attached hydrogens (tertiary/aromatic N) is 1. The first-order valence-electron chi connectivity index (χ1n) is 13.2. The molecule has 7 nitrogen and oxygen atoms in total. The zero-order valence-electron chi connectivity index (χ0n) is 22.6. The van der Waals surface area contributed by atoms with Gasteiger partial charge in [-0.05, 0) is 73.7 Å². The van der Waals surface area contributed by atoms with Crippen molar-refractivity contribution in [3.63, 3.8) is 0 Å². The molecule has 0 saturated heterocycles. The highest BCUT2D eigenvalue weighted by Crippen LogP contribution is 2.23. The minimum atomic E-state index is -0.811. The summed E-state index contributed by atoms with van der Waals surface area (Å²) in [6, 6.07) is 26.5. The smallest absolute Gasteiger partial charge is 0.255 e. The van der Waals surface area contributed by atoms with Gasteiger partial charge in [0.25, 0.3) is 11.8 Å². The molecule has 0 aliphatic rings. The molecular formula is C32H33ClN4O3. The summed E-state index contributed by atoms with van der Waals surface area (Å²) in [5, 5.41) is 11.0. The number of benzene rings is 4. The normalized spacial score (nSPS) is 11.7. The molecule has 0 radical (unpaired) electrons. The molecule has 40 heavy (non-hydrogen) atoms. The van der Waals surface area contributed by atoms with Crippen molar-refractivity contribution in [1.29, 1.82) is 0 Å². The van der Waals surface area contributed by atoms with Gasteiger partial charge in [-0.3, -0.25) is 14.4 Å². The molecule has 3 N–H and O–H groups in total. The fourth-order valence-corrected chi connectivity index (χ4v) is 4.54. The maximum atomic E-state index is 13.5. The summed E-state index contributed by atoms with van der Waals surface area (Å²) in [6.07, 6.45) is 1.10. The minimum Gasteiger partial charge on any atom is -0.354 e. The van der Waals surface area contributed by atoms with Crippen LogP contribution in [0.5, 0.6) is 0 Å². The van der Waals surface area contributed by atoms with E-state index in [9.17, 15) is 14.4 Å². The van der Waals surface area contributed by atoms with Gasteiger partial charge >= 0.3 is 0 Å². The molecule has 0 spiro atoms. The lowest BCUT2D eigenvalue weighted by Gasteiger charge is -2.20. The van der Waals surface area contributed by atoms with E-state index in [0.29, 0.717) is 23.6 Å². The molecule has 0 saturated carbocycles. The average Bonchev–Trinajstić information content (AvgIpc) is 2.95. The number of carbonyl (C=O) groups is 3. The molecule has 0 fully saturated rings. The predicted molar refractivity (Wildman–Crippen MR) is 161 cm³/mol. The lowest BCUT2D eigenvalue weighted by molar-refractivity contribution is -0.122. The third kappa shape index (κ3) is 7.91. The van der Waals surface area contributed by atoms with Gasteiger partial charge in [0.05, 0.1) is 11.3 Å². The Bertz CT molecular complexity index is 1490. The van der Waals surface area contributed by atoms with E-state index in [4.69, 9.17) is 11.6 Å². The van der Waals surface area contributed by atoms with Crippen LogP contribution >= 0.6 is 11.6 Å². The first-order valence-corrected chi connectivity index (χ1v) is 13.5. The van der Waals surface area contributed by atoms with Gasteiger partial charge in [-0.2, -0.15) is 0 Å². The number of halogens is 1. The largest absolute Gasteiger partial charge is 0.354 e. The second-order valence-corrected chi connectivity index (χ2v) is 10.3. The third-order valence-electron chi connectivity index (χ3n) is 6.47. The van der Waals surface area contributed by atoms with E-state index in [2.05, 4.69) is 16.0 Å². The van der Waals surface area contributed by atoms with Crippen molar-refractivity contribution < 1.29 is 14.4 Å². The van der Waals surface area contributed by atoms with Crippen LogP contribution in [0.15, 0.2) is 91.0 Å². The number of anilines is 1. The van der Waals surface area contributed by atoms with Crippen molar-refractivity contribution in [2.75, 3.05) is 32.5 Å². The Morgan fingerprint density at radius 3 is 2.30 bits per heavy atom. The summed E-state index contributed by atoms with van der Waals surface area (Å²) in [7, 11) is 3.95. The summed E-state index contributed by atoms with van der Waals surface area (Å²) in [4.78, 5) is 41.8. The van der Waals surface area contributed by atoms with Gasteiger partial charge in [0, 0.05) is 23.6 Å². The van der Waals surface area contributed by atoms with Crippen LogP contribution in [0.25, 0.3) is 10.8 Å². The molecule has 1 atom stereocenters. The fourth-order valence-electron chi connectivity index (χ4n) is 4.37. The fraction of sp³-hybridized carbons (Fsp3) is 0.219. The lowest BCUT2D eigenvalue weighted by atomic mass is 10.0. The Morgan fingerprint density at radius 1 is 0.825 bits per heavy atom. The summed E-state index contributed by atoms with van der Waals surface area (Å²) < 4.78 is 0. The van der Waals surface area contributed by atoms with Crippen molar-refractivity contribution in [1.82, 2.24) is 15.5 Å². The van der Waals surface area contributed by atoms with E-state index in [-0.39, 0.29) is 23.1 Å². The van der Waals surface area contributed by atoms with Crippen molar-refractivity contribution in [2.24, 2.45) is 0 Å². The monoisotopic (exact) mass is 556 g/mol. The first kappa shape index (κ1) is 28.8. The highest BCUT2D eigenvalue weighted by Gasteiger charge is 2.24. The average molecular weight is 557 g/mol. The number of hydrogen-bond acceptors (Lipinski definition) is 4. The minimum absolute atomic E-state index is 0.206. The molecule has 0 aromatic heterocycles. The number of nitrogens with one attached hydrogen (secondary N) is 3. The SMILES string of the molecule is CN(C)CCCNC(=O)[C@H](Cc1ccccc1)NC(=O)c1ccc(Cl)cc1NC(=O)c1ccc2ccccc2c1. The summed E-state index contributed by atoms with van der Waals surface area (Å²) >= 11 is 6.24. The van der Waals surface area contributed by atoms with Crippen molar-refractivity contribution in [3.8, 4) is 0 Å². The first-order chi connectivity index (χ1) is 19.3. The summed E-state index contributed by atoms with van der Waals surface area (Å²) in [5.41, 5.74) is 1.83. The zero-order valence-corrected chi connectivity index (χ0v) is 23.4. The van der Waals surface area contributed by atoms with E-state index >= 15 is 0 Å². The number of carbonyl (C=O) groups excluding carboxylic acids is 3. The van der Waals surface area contributed by atoms with Crippen LogP contribution in [-0.2, 0) is 11.2 Å². The van der Waals surface area contributed by atoms with Crippen LogP contribution in [0.3, 0.4) is 0 Å². The molecular weight excluding hydrogens is 524 g/mol.